The zero-order valence-corrected chi connectivity index (χ0v) is 16.9. The van der Waals surface area contributed by atoms with E-state index in [2.05, 4.69) is 5.32 Å². The van der Waals surface area contributed by atoms with Gasteiger partial charge in [-0.1, -0.05) is 24.3 Å². The molecular formula is C22H26N2O4. The quantitative estimate of drug-likeness (QED) is 0.674. The minimum atomic E-state index is -0.221. The van der Waals surface area contributed by atoms with Crippen LogP contribution in [0.2, 0.25) is 0 Å². The average Bonchev–Trinajstić information content (AvgIpc) is 3.04. The smallest absolute Gasteiger partial charge is 0.287 e. The zero-order valence-electron chi connectivity index (χ0n) is 16.9. The average molecular weight is 382 g/mol. The van der Waals surface area contributed by atoms with Crippen molar-refractivity contribution in [3.8, 4) is 11.5 Å². The van der Waals surface area contributed by atoms with Crippen molar-refractivity contribution in [3.63, 3.8) is 0 Å². The molecule has 1 amide bonds. The van der Waals surface area contributed by atoms with Gasteiger partial charge in [-0.15, -0.1) is 0 Å². The van der Waals surface area contributed by atoms with Crippen LogP contribution >= 0.6 is 0 Å². The van der Waals surface area contributed by atoms with Crippen LogP contribution in [-0.2, 0) is 0 Å². The number of nitrogens with one attached hydrogen (secondary N) is 1. The number of aryl methyl sites for hydroxylation is 1. The molecule has 28 heavy (non-hydrogen) atoms. The summed E-state index contributed by atoms with van der Waals surface area (Å²) >= 11 is 0. The number of amides is 1. The first-order chi connectivity index (χ1) is 13.5. The fourth-order valence-corrected chi connectivity index (χ4v) is 3.32. The molecule has 0 aliphatic rings. The lowest BCUT2D eigenvalue weighted by atomic mass is 10.0. The molecule has 6 nitrogen and oxygen atoms in total. The van der Waals surface area contributed by atoms with Crippen LogP contribution in [0.1, 0.15) is 27.7 Å². The summed E-state index contributed by atoms with van der Waals surface area (Å²) in [7, 11) is 7.16. The van der Waals surface area contributed by atoms with Crippen LogP contribution in [0.15, 0.2) is 46.9 Å². The Bertz CT molecular complexity index is 978. The molecule has 2 aromatic carbocycles. The second kappa shape index (κ2) is 8.35. The van der Waals surface area contributed by atoms with Gasteiger partial charge in [-0.2, -0.15) is 0 Å². The lowest BCUT2D eigenvalue weighted by Crippen LogP contribution is -2.34. The Kier molecular flexibility index (Phi) is 5.90. The first-order valence-corrected chi connectivity index (χ1v) is 9.11. The number of methoxy groups -OCH3 is 2. The van der Waals surface area contributed by atoms with Crippen LogP contribution in [0, 0.1) is 6.92 Å². The molecule has 6 heteroatoms. The predicted molar refractivity (Wildman–Crippen MR) is 109 cm³/mol. The number of carbonyl (C=O) groups is 1. The monoisotopic (exact) mass is 382 g/mol. The molecule has 1 N–H and O–H groups in total. The molecule has 0 saturated carbocycles. The molecular weight excluding hydrogens is 356 g/mol. The van der Waals surface area contributed by atoms with E-state index in [4.69, 9.17) is 13.9 Å². The standard InChI is InChI=1S/C22H26N2O4/c1-14-16-8-6-7-9-18(16)28-21(14)22(25)23-13-17(24(2)3)15-10-11-19(26-4)20(12-15)27-5/h6-12,17H,13H2,1-5H3,(H,23,25)/t17-/m0/s1. The van der Waals surface area contributed by atoms with E-state index in [0.717, 1.165) is 16.5 Å². The van der Waals surface area contributed by atoms with Crippen molar-refractivity contribution < 1.29 is 18.7 Å². The maximum Gasteiger partial charge on any atom is 0.287 e. The fourth-order valence-electron chi connectivity index (χ4n) is 3.32. The van der Waals surface area contributed by atoms with Crippen LogP contribution in [0.3, 0.4) is 0 Å². The Morgan fingerprint density at radius 3 is 2.46 bits per heavy atom. The highest BCUT2D eigenvalue weighted by atomic mass is 16.5. The number of ether oxygens (including phenoxy) is 2. The van der Waals surface area contributed by atoms with Crippen molar-refractivity contribution in [3.05, 3.63) is 59.4 Å². The van der Waals surface area contributed by atoms with Crippen LogP contribution in [0.25, 0.3) is 11.0 Å². The van der Waals surface area contributed by atoms with Crippen molar-refractivity contribution in [2.75, 3.05) is 34.9 Å². The van der Waals surface area contributed by atoms with E-state index in [1.165, 1.54) is 0 Å². The topological polar surface area (TPSA) is 63.9 Å². The third-order valence-electron chi connectivity index (χ3n) is 4.92. The summed E-state index contributed by atoms with van der Waals surface area (Å²) in [5, 5.41) is 3.96. The molecule has 1 aromatic heterocycles. The minimum absolute atomic E-state index is 0.0339. The number of nitrogens with zero attached hydrogens (tertiary/aromatic N) is 1. The molecule has 3 aromatic rings. The number of hydrogen-bond donors (Lipinski definition) is 1. The van der Waals surface area contributed by atoms with Gasteiger partial charge in [0.2, 0.25) is 0 Å². The molecule has 0 fully saturated rings. The van der Waals surface area contributed by atoms with Gasteiger partial charge in [0.1, 0.15) is 5.58 Å². The van der Waals surface area contributed by atoms with E-state index in [-0.39, 0.29) is 11.9 Å². The van der Waals surface area contributed by atoms with Gasteiger partial charge in [0.05, 0.1) is 20.3 Å². The molecule has 1 atom stereocenters. The van der Waals surface area contributed by atoms with Crippen molar-refractivity contribution in [1.82, 2.24) is 10.2 Å². The summed E-state index contributed by atoms with van der Waals surface area (Å²) in [4.78, 5) is 14.8. The largest absolute Gasteiger partial charge is 0.493 e. The number of carbonyl (C=O) groups excluding carboxylic acids is 1. The number of benzene rings is 2. The maximum absolute atomic E-state index is 12.7. The first kappa shape index (κ1) is 19.8. The third kappa shape index (κ3) is 3.82. The van der Waals surface area contributed by atoms with Gasteiger partial charge in [0.25, 0.3) is 5.91 Å². The van der Waals surface area contributed by atoms with Gasteiger partial charge in [-0.25, -0.2) is 0 Å². The first-order valence-electron chi connectivity index (χ1n) is 9.11. The Hall–Kier alpha value is -2.99. The fraction of sp³-hybridized carbons (Fsp3) is 0.318. The lowest BCUT2D eigenvalue weighted by Gasteiger charge is -2.25. The van der Waals surface area contributed by atoms with Crippen molar-refractivity contribution in [2.45, 2.75) is 13.0 Å². The van der Waals surface area contributed by atoms with Crippen LogP contribution < -0.4 is 14.8 Å². The zero-order chi connectivity index (χ0) is 20.3. The number of rotatable bonds is 7. The number of furan rings is 1. The molecule has 0 aliphatic carbocycles. The van der Waals surface area contributed by atoms with E-state index < -0.39 is 0 Å². The Labute approximate surface area is 165 Å². The second-order valence-corrected chi connectivity index (χ2v) is 6.86. The molecule has 3 rings (SSSR count). The van der Waals surface area contributed by atoms with E-state index in [0.29, 0.717) is 29.4 Å². The predicted octanol–water partition coefficient (Wildman–Crippen LogP) is 3.79. The third-order valence-corrected chi connectivity index (χ3v) is 4.92. The summed E-state index contributed by atoms with van der Waals surface area (Å²) in [6.45, 7) is 2.33. The molecule has 1 heterocycles. The highest BCUT2D eigenvalue weighted by Crippen LogP contribution is 2.31. The highest BCUT2D eigenvalue weighted by Gasteiger charge is 2.21. The molecule has 0 unspecified atom stereocenters. The SMILES string of the molecule is COc1ccc([C@H](CNC(=O)c2oc3ccccc3c2C)N(C)C)cc1OC. The van der Waals surface area contributed by atoms with E-state index in [1.807, 2.05) is 68.4 Å². The van der Waals surface area contributed by atoms with Crippen LogP contribution in [-0.4, -0.2) is 45.7 Å². The molecule has 0 aliphatic heterocycles. The number of para-hydroxylation sites is 1. The number of fused-ring (bicyclic) bond motifs is 1. The van der Waals surface area contributed by atoms with Gasteiger partial charge in [-0.05, 0) is 44.8 Å². The summed E-state index contributed by atoms with van der Waals surface area (Å²) in [5.74, 6) is 1.46. The Morgan fingerprint density at radius 2 is 1.82 bits per heavy atom. The molecule has 0 saturated heterocycles. The van der Waals surface area contributed by atoms with Gasteiger partial charge in [-0.3, -0.25) is 4.79 Å². The van der Waals surface area contributed by atoms with Crippen molar-refractivity contribution in [1.29, 1.82) is 0 Å². The summed E-state index contributed by atoms with van der Waals surface area (Å²) in [6.07, 6.45) is 0. The minimum Gasteiger partial charge on any atom is -0.493 e. The van der Waals surface area contributed by atoms with E-state index >= 15 is 0 Å². The summed E-state index contributed by atoms with van der Waals surface area (Å²) in [5.41, 5.74) is 2.58. The molecule has 148 valence electrons. The Balaban J connectivity index is 1.79. The van der Waals surface area contributed by atoms with Crippen molar-refractivity contribution >= 4 is 16.9 Å². The Morgan fingerprint density at radius 1 is 1.11 bits per heavy atom. The second-order valence-electron chi connectivity index (χ2n) is 6.86. The molecule has 0 spiro atoms. The molecule has 0 bridgehead atoms. The lowest BCUT2D eigenvalue weighted by molar-refractivity contribution is 0.0915. The summed E-state index contributed by atoms with van der Waals surface area (Å²) in [6, 6.07) is 13.4. The highest BCUT2D eigenvalue weighted by molar-refractivity contribution is 5.98. The van der Waals surface area contributed by atoms with E-state index in [1.54, 1.807) is 14.2 Å². The van der Waals surface area contributed by atoms with E-state index in [9.17, 15) is 4.79 Å². The number of hydrogen-bond acceptors (Lipinski definition) is 5. The van der Waals surface area contributed by atoms with Gasteiger partial charge in [0.15, 0.2) is 17.3 Å². The van der Waals surface area contributed by atoms with Crippen LogP contribution in [0.5, 0.6) is 11.5 Å². The maximum atomic E-state index is 12.7. The molecule has 0 radical (unpaired) electrons. The number of likely N-dealkylation sites (N-methyl/N-ethyl adjacent to an activating group) is 1. The normalized spacial score (nSPS) is 12.2. The van der Waals surface area contributed by atoms with Gasteiger partial charge >= 0.3 is 0 Å². The van der Waals surface area contributed by atoms with Crippen LogP contribution in [0.4, 0.5) is 0 Å². The van der Waals surface area contributed by atoms with Gasteiger partial charge in [0, 0.05) is 17.5 Å². The summed E-state index contributed by atoms with van der Waals surface area (Å²) < 4.78 is 16.5. The van der Waals surface area contributed by atoms with Crippen molar-refractivity contribution in [2.24, 2.45) is 0 Å². The van der Waals surface area contributed by atoms with Gasteiger partial charge < -0.3 is 24.1 Å².